The third-order valence-electron chi connectivity index (χ3n) is 7.32. The quantitative estimate of drug-likeness (QED) is 0.699. The van der Waals surface area contributed by atoms with Crippen LogP contribution in [0, 0.1) is 5.92 Å². The summed E-state index contributed by atoms with van der Waals surface area (Å²) in [6, 6.07) is 6.76. The Morgan fingerprint density at radius 1 is 1.03 bits per heavy atom. The van der Waals surface area contributed by atoms with Crippen molar-refractivity contribution in [3.63, 3.8) is 0 Å². The van der Waals surface area contributed by atoms with Crippen LogP contribution in [0.5, 0.6) is 0 Å². The second-order valence-electron chi connectivity index (χ2n) is 9.43. The Morgan fingerprint density at radius 2 is 1.72 bits per heavy atom. The second kappa shape index (κ2) is 9.91. The van der Waals surface area contributed by atoms with E-state index in [1.807, 2.05) is 11.8 Å². The third-order valence-corrected chi connectivity index (χ3v) is 9.28. The molecule has 1 aliphatic carbocycles. The molecule has 0 bridgehead atoms. The Balaban J connectivity index is 1.38. The first kappa shape index (κ1) is 23.2. The van der Waals surface area contributed by atoms with Gasteiger partial charge in [0.25, 0.3) is 0 Å². The molecule has 1 aromatic rings. The lowest BCUT2D eigenvalue weighted by Crippen LogP contribution is -2.43. The fourth-order valence-electron chi connectivity index (χ4n) is 5.44. The van der Waals surface area contributed by atoms with Gasteiger partial charge in [0.1, 0.15) is 0 Å². The minimum absolute atomic E-state index is 0.0557. The number of likely N-dealkylation sites (tertiary alicyclic amines) is 1. The van der Waals surface area contributed by atoms with E-state index in [0.717, 1.165) is 51.4 Å². The third kappa shape index (κ3) is 4.86. The van der Waals surface area contributed by atoms with Gasteiger partial charge in [-0.15, -0.1) is 0 Å². The van der Waals surface area contributed by atoms with Gasteiger partial charge in [0, 0.05) is 37.3 Å². The number of amides is 2. The van der Waals surface area contributed by atoms with E-state index < -0.39 is 10.0 Å². The predicted octanol–water partition coefficient (Wildman–Crippen LogP) is 3.76. The highest BCUT2D eigenvalue weighted by Gasteiger charge is 2.38. The summed E-state index contributed by atoms with van der Waals surface area (Å²) in [4.78, 5) is 27.4. The Labute approximate surface area is 191 Å². The van der Waals surface area contributed by atoms with Crippen molar-refractivity contribution in [3.05, 3.63) is 24.3 Å². The molecule has 3 fully saturated rings. The minimum Gasteiger partial charge on any atom is -0.339 e. The highest BCUT2D eigenvalue weighted by molar-refractivity contribution is 7.89. The van der Waals surface area contributed by atoms with Crippen molar-refractivity contribution in [2.24, 2.45) is 5.92 Å². The fraction of sp³-hybridized carbons (Fsp3) is 0.667. The average Bonchev–Trinajstić information content (AvgIpc) is 3.21. The van der Waals surface area contributed by atoms with Crippen molar-refractivity contribution in [1.29, 1.82) is 0 Å². The summed E-state index contributed by atoms with van der Waals surface area (Å²) in [5, 5.41) is 2.88. The van der Waals surface area contributed by atoms with Crippen LogP contribution in [0.4, 0.5) is 5.69 Å². The molecule has 8 heteroatoms. The number of carbonyl (C=O) groups excluding carboxylic acids is 2. The van der Waals surface area contributed by atoms with E-state index in [0.29, 0.717) is 18.8 Å². The van der Waals surface area contributed by atoms with Crippen LogP contribution in [0.2, 0.25) is 0 Å². The number of hydrogen-bond acceptors (Lipinski definition) is 4. The summed E-state index contributed by atoms with van der Waals surface area (Å²) >= 11 is 0. The fourth-order valence-corrected chi connectivity index (χ4v) is 7.21. The van der Waals surface area contributed by atoms with Crippen LogP contribution in [-0.4, -0.2) is 54.6 Å². The molecule has 2 aliphatic heterocycles. The Hall–Kier alpha value is -1.93. The molecular formula is C24H35N3O4S. The molecule has 0 unspecified atom stereocenters. The first-order chi connectivity index (χ1) is 15.4. The number of anilines is 1. The van der Waals surface area contributed by atoms with Gasteiger partial charge in [0.2, 0.25) is 21.8 Å². The zero-order valence-corrected chi connectivity index (χ0v) is 19.8. The summed E-state index contributed by atoms with van der Waals surface area (Å²) < 4.78 is 27.9. The molecule has 2 atom stereocenters. The molecule has 0 aromatic heterocycles. The number of nitrogens with one attached hydrogen (secondary N) is 1. The molecule has 1 N–H and O–H groups in total. The number of hydrogen-bond donors (Lipinski definition) is 1. The van der Waals surface area contributed by atoms with Gasteiger partial charge in [-0.25, -0.2) is 8.42 Å². The highest BCUT2D eigenvalue weighted by atomic mass is 32.2. The number of nitrogens with zero attached hydrogens (tertiary/aromatic N) is 2. The molecule has 176 valence electrons. The Bertz CT molecular complexity index is 925. The molecule has 1 saturated carbocycles. The molecule has 2 heterocycles. The van der Waals surface area contributed by atoms with E-state index in [9.17, 15) is 18.0 Å². The van der Waals surface area contributed by atoms with Crippen molar-refractivity contribution in [1.82, 2.24) is 9.21 Å². The number of piperidine rings is 1. The van der Waals surface area contributed by atoms with E-state index in [-0.39, 0.29) is 41.1 Å². The van der Waals surface area contributed by atoms with Gasteiger partial charge in [-0.2, -0.15) is 4.31 Å². The largest absolute Gasteiger partial charge is 0.339 e. The van der Waals surface area contributed by atoms with Crippen molar-refractivity contribution >= 4 is 27.5 Å². The molecular weight excluding hydrogens is 426 g/mol. The minimum atomic E-state index is -3.54. The standard InChI is InChI=1S/C24H35N3O4S/c1-2-20-8-6-7-15-27(20)32(30,31)22-13-11-19(12-14-22)25-24(29)18-16-23(28)26(17-18)21-9-4-3-5-10-21/h11-14,18,20-21H,2-10,15-17H2,1H3,(H,25,29)/t18-,20-/m0/s1. The topological polar surface area (TPSA) is 86.8 Å². The van der Waals surface area contributed by atoms with Crippen LogP contribution in [-0.2, 0) is 19.6 Å². The van der Waals surface area contributed by atoms with Crippen LogP contribution in [0.15, 0.2) is 29.2 Å². The van der Waals surface area contributed by atoms with Crippen LogP contribution in [0.1, 0.15) is 71.1 Å². The summed E-state index contributed by atoms with van der Waals surface area (Å²) in [6.07, 6.45) is 9.52. The van der Waals surface area contributed by atoms with E-state index in [2.05, 4.69) is 5.32 Å². The van der Waals surface area contributed by atoms with Crippen molar-refractivity contribution < 1.29 is 18.0 Å². The molecule has 0 spiro atoms. The molecule has 0 radical (unpaired) electrons. The Morgan fingerprint density at radius 3 is 2.41 bits per heavy atom. The van der Waals surface area contributed by atoms with Crippen molar-refractivity contribution in [2.75, 3.05) is 18.4 Å². The van der Waals surface area contributed by atoms with Crippen LogP contribution < -0.4 is 5.32 Å². The zero-order chi connectivity index (χ0) is 22.7. The maximum atomic E-state index is 13.1. The lowest BCUT2D eigenvalue weighted by atomic mass is 9.94. The summed E-state index contributed by atoms with van der Waals surface area (Å²) in [5.41, 5.74) is 0.559. The van der Waals surface area contributed by atoms with E-state index in [1.54, 1.807) is 28.6 Å². The summed E-state index contributed by atoms with van der Waals surface area (Å²) in [5.74, 6) is -0.452. The van der Waals surface area contributed by atoms with Gasteiger partial charge >= 0.3 is 0 Å². The number of rotatable bonds is 6. The van der Waals surface area contributed by atoms with E-state index in [1.165, 1.54) is 6.42 Å². The van der Waals surface area contributed by atoms with Gasteiger partial charge in [0.05, 0.1) is 10.8 Å². The maximum absolute atomic E-state index is 13.1. The molecule has 3 aliphatic rings. The van der Waals surface area contributed by atoms with Gasteiger partial charge in [-0.05, 0) is 56.4 Å². The second-order valence-corrected chi connectivity index (χ2v) is 11.3. The first-order valence-corrected chi connectivity index (χ1v) is 13.6. The van der Waals surface area contributed by atoms with Crippen molar-refractivity contribution in [3.8, 4) is 0 Å². The number of sulfonamides is 1. The molecule has 32 heavy (non-hydrogen) atoms. The first-order valence-electron chi connectivity index (χ1n) is 12.1. The number of carbonyl (C=O) groups is 2. The molecule has 2 saturated heterocycles. The SMILES string of the molecule is CC[C@H]1CCCCN1S(=O)(=O)c1ccc(NC(=O)[C@H]2CC(=O)N(C3CCCCC3)C2)cc1. The lowest BCUT2D eigenvalue weighted by molar-refractivity contribution is -0.130. The van der Waals surface area contributed by atoms with Crippen LogP contribution in [0.25, 0.3) is 0 Å². The average molecular weight is 462 g/mol. The smallest absolute Gasteiger partial charge is 0.243 e. The predicted molar refractivity (Wildman–Crippen MR) is 124 cm³/mol. The molecule has 1 aromatic carbocycles. The zero-order valence-electron chi connectivity index (χ0n) is 19.0. The van der Waals surface area contributed by atoms with Gasteiger partial charge in [0.15, 0.2) is 0 Å². The number of benzene rings is 1. The Kier molecular flexibility index (Phi) is 7.20. The van der Waals surface area contributed by atoms with Crippen LogP contribution in [0.3, 0.4) is 0 Å². The summed E-state index contributed by atoms with van der Waals surface area (Å²) in [7, 11) is -3.54. The van der Waals surface area contributed by atoms with E-state index >= 15 is 0 Å². The van der Waals surface area contributed by atoms with Crippen LogP contribution >= 0.6 is 0 Å². The molecule has 7 nitrogen and oxygen atoms in total. The maximum Gasteiger partial charge on any atom is 0.243 e. The van der Waals surface area contributed by atoms with Gasteiger partial charge in [-0.1, -0.05) is 32.6 Å². The van der Waals surface area contributed by atoms with E-state index in [4.69, 9.17) is 0 Å². The van der Waals surface area contributed by atoms with Crippen molar-refractivity contribution in [2.45, 2.75) is 88.1 Å². The normalized spacial score (nSPS) is 25.8. The lowest BCUT2D eigenvalue weighted by Gasteiger charge is -2.34. The summed E-state index contributed by atoms with van der Waals surface area (Å²) in [6.45, 7) is 3.07. The molecule has 4 rings (SSSR count). The van der Waals surface area contributed by atoms with Gasteiger partial charge < -0.3 is 10.2 Å². The highest BCUT2D eigenvalue weighted by Crippen LogP contribution is 2.30. The molecule has 2 amide bonds. The van der Waals surface area contributed by atoms with Gasteiger partial charge in [-0.3, -0.25) is 9.59 Å². The monoisotopic (exact) mass is 461 g/mol.